The molecule has 1 unspecified atom stereocenters. The third kappa shape index (κ3) is 50.0. The fourth-order valence-corrected chi connectivity index (χ4v) is 7.45. The van der Waals surface area contributed by atoms with Crippen LogP contribution in [-0.4, -0.2) is 37.2 Å². The lowest BCUT2D eigenvalue weighted by Gasteiger charge is -2.18. The molecule has 0 radical (unpaired) electrons. The molecule has 0 aromatic heterocycles. The zero-order valence-electron chi connectivity index (χ0n) is 41.6. The van der Waals surface area contributed by atoms with Crippen LogP contribution in [0.3, 0.4) is 0 Å². The summed E-state index contributed by atoms with van der Waals surface area (Å²) < 4.78 is 16.8. The molecule has 1 atom stereocenters. The van der Waals surface area contributed by atoms with Gasteiger partial charge in [-0.1, -0.05) is 204 Å². The number of unbranched alkanes of at least 4 members (excludes halogenated alkanes) is 27. The Morgan fingerprint density at radius 3 is 1.00 bits per heavy atom. The van der Waals surface area contributed by atoms with Crippen molar-refractivity contribution in [1.82, 2.24) is 0 Å². The molecule has 0 bridgehead atoms. The van der Waals surface area contributed by atoms with E-state index in [0.717, 1.165) is 103 Å². The number of esters is 3. The molecule has 6 heteroatoms. The van der Waals surface area contributed by atoms with Gasteiger partial charge in [-0.15, -0.1) is 0 Å². The number of carbonyl (C=O) groups is 3. The number of hydrogen-bond donors (Lipinski definition) is 0. The number of carbonyl (C=O) groups excluding carboxylic acids is 3. The van der Waals surface area contributed by atoms with Crippen LogP contribution < -0.4 is 0 Å². The summed E-state index contributed by atoms with van der Waals surface area (Å²) in [7, 11) is 0. The maximum atomic E-state index is 12.8. The smallest absolute Gasteiger partial charge is 0.306 e. The Kier molecular flexibility index (Phi) is 49.4. The largest absolute Gasteiger partial charge is 0.462 e. The molecule has 0 spiro atoms. The molecule has 0 amide bonds. The van der Waals surface area contributed by atoms with Crippen LogP contribution in [0.4, 0.5) is 0 Å². The van der Waals surface area contributed by atoms with Gasteiger partial charge in [0.05, 0.1) is 0 Å². The van der Waals surface area contributed by atoms with E-state index >= 15 is 0 Å². The molecular formula is C57H100O6. The van der Waals surface area contributed by atoms with E-state index in [2.05, 4.69) is 81.5 Å². The van der Waals surface area contributed by atoms with Gasteiger partial charge < -0.3 is 14.2 Å². The predicted octanol–water partition coefficient (Wildman–Crippen LogP) is 17.6. The minimum atomic E-state index is -0.792. The van der Waals surface area contributed by atoms with Gasteiger partial charge in [0, 0.05) is 19.3 Å². The van der Waals surface area contributed by atoms with Crippen molar-refractivity contribution in [2.45, 2.75) is 271 Å². The van der Waals surface area contributed by atoms with E-state index in [1.807, 2.05) is 0 Å². The third-order valence-corrected chi connectivity index (χ3v) is 11.5. The van der Waals surface area contributed by atoms with E-state index in [-0.39, 0.29) is 31.1 Å². The molecule has 0 aliphatic rings. The zero-order valence-corrected chi connectivity index (χ0v) is 41.6. The van der Waals surface area contributed by atoms with Crippen LogP contribution in [0.5, 0.6) is 0 Å². The van der Waals surface area contributed by atoms with E-state index in [4.69, 9.17) is 14.2 Å². The predicted molar refractivity (Wildman–Crippen MR) is 270 cm³/mol. The lowest BCUT2D eigenvalue weighted by molar-refractivity contribution is -0.167. The summed E-state index contributed by atoms with van der Waals surface area (Å²) in [5, 5.41) is 0. The molecule has 0 heterocycles. The molecule has 0 saturated carbocycles. The van der Waals surface area contributed by atoms with Gasteiger partial charge in [-0.25, -0.2) is 0 Å². The van der Waals surface area contributed by atoms with Crippen molar-refractivity contribution >= 4 is 17.9 Å². The van der Waals surface area contributed by atoms with Crippen molar-refractivity contribution in [2.75, 3.05) is 13.2 Å². The Morgan fingerprint density at radius 1 is 0.333 bits per heavy atom. The highest BCUT2D eigenvalue weighted by Gasteiger charge is 2.19. The topological polar surface area (TPSA) is 78.9 Å². The summed E-state index contributed by atoms with van der Waals surface area (Å²) in [6.07, 6.45) is 63.5. The van der Waals surface area contributed by atoms with E-state index in [0.29, 0.717) is 19.3 Å². The second kappa shape index (κ2) is 51.7. The van der Waals surface area contributed by atoms with Crippen LogP contribution in [-0.2, 0) is 28.6 Å². The van der Waals surface area contributed by atoms with Crippen molar-refractivity contribution in [3.63, 3.8) is 0 Å². The summed E-state index contributed by atoms with van der Waals surface area (Å²) >= 11 is 0. The van der Waals surface area contributed by atoms with Gasteiger partial charge >= 0.3 is 17.9 Å². The molecule has 0 aromatic carbocycles. The van der Waals surface area contributed by atoms with E-state index < -0.39 is 6.10 Å². The lowest BCUT2D eigenvalue weighted by atomic mass is 10.1. The molecule has 364 valence electrons. The van der Waals surface area contributed by atoms with Crippen LogP contribution in [0.1, 0.15) is 265 Å². The number of allylic oxidation sites excluding steroid dienone is 10. The van der Waals surface area contributed by atoms with Gasteiger partial charge in [0.25, 0.3) is 0 Å². The monoisotopic (exact) mass is 881 g/mol. The first-order chi connectivity index (χ1) is 31.0. The standard InChI is InChI=1S/C57H100O6/c1-4-7-10-13-16-19-22-25-28-29-30-33-35-38-41-44-47-50-56(59)62-53-54(63-57(60)51-48-45-42-39-36-32-27-24-21-18-15-12-9-6-3)52-61-55(58)49-46-43-40-37-34-31-26-23-20-17-14-11-8-5-2/h9,12,18,21,25,27-28,31-32,34,54H,4-8,10-11,13-17,19-20,22-24,26,29-30,33,35-53H2,1-3H3/b12-9-,21-18-,28-25-,32-27-,34-31-. The normalized spacial score (nSPS) is 12.5. The molecule has 0 rings (SSSR count). The summed E-state index contributed by atoms with van der Waals surface area (Å²) in [5.74, 6) is -0.927. The van der Waals surface area contributed by atoms with Crippen molar-refractivity contribution < 1.29 is 28.6 Å². The van der Waals surface area contributed by atoms with Gasteiger partial charge in [-0.05, 0) is 103 Å². The molecule has 0 fully saturated rings. The average Bonchev–Trinajstić information content (AvgIpc) is 3.28. The van der Waals surface area contributed by atoms with Crippen LogP contribution in [0.2, 0.25) is 0 Å². The fraction of sp³-hybridized carbons (Fsp3) is 0.772. The first-order valence-electron chi connectivity index (χ1n) is 26.8. The second-order valence-electron chi connectivity index (χ2n) is 17.7. The number of ether oxygens (including phenoxy) is 3. The Bertz CT molecular complexity index is 1150. The molecule has 0 N–H and O–H groups in total. The maximum Gasteiger partial charge on any atom is 0.306 e. The third-order valence-electron chi connectivity index (χ3n) is 11.5. The SMILES string of the molecule is CC/C=C\C/C=C\C/C=C\CCCCCCC(=O)OC(COC(=O)CCCCC/C=C\CCCCCCCCC)COC(=O)CCCCCCCCC/C=C\CCCCCCCC. The maximum absolute atomic E-state index is 12.8. The van der Waals surface area contributed by atoms with Gasteiger partial charge in [-0.2, -0.15) is 0 Å². The van der Waals surface area contributed by atoms with Crippen LogP contribution in [0, 0.1) is 0 Å². The first kappa shape index (κ1) is 60.1. The fourth-order valence-electron chi connectivity index (χ4n) is 7.45. The zero-order chi connectivity index (χ0) is 45.8. The van der Waals surface area contributed by atoms with E-state index in [9.17, 15) is 14.4 Å². The van der Waals surface area contributed by atoms with Crippen LogP contribution in [0.25, 0.3) is 0 Å². The van der Waals surface area contributed by atoms with Gasteiger partial charge in [0.1, 0.15) is 13.2 Å². The molecular weight excluding hydrogens is 781 g/mol. The Hall–Kier alpha value is -2.89. The van der Waals surface area contributed by atoms with Gasteiger partial charge in [0.2, 0.25) is 0 Å². The van der Waals surface area contributed by atoms with Crippen molar-refractivity contribution in [3.05, 3.63) is 60.8 Å². The highest BCUT2D eigenvalue weighted by molar-refractivity contribution is 5.71. The Balaban J connectivity index is 4.41. The molecule has 6 nitrogen and oxygen atoms in total. The van der Waals surface area contributed by atoms with Crippen LogP contribution >= 0.6 is 0 Å². The molecule has 63 heavy (non-hydrogen) atoms. The minimum Gasteiger partial charge on any atom is -0.462 e. The van der Waals surface area contributed by atoms with Gasteiger partial charge in [-0.3, -0.25) is 14.4 Å². The molecule has 0 aliphatic carbocycles. The summed E-state index contributed by atoms with van der Waals surface area (Å²) in [6, 6.07) is 0. The quantitative estimate of drug-likeness (QED) is 0.0262. The summed E-state index contributed by atoms with van der Waals surface area (Å²) in [6.45, 7) is 6.49. The van der Waals surface area contributed by atoms with Crippen molar-refractivity contribution in [3.8, 4) is 0 Å². The molecule has 0 saturated heterocycles. The average molecular weight is 881 g/mol. The summed E-state index contributed by atoms with van der Waals surface area (Å²) in [4.78, 5) is 38.0. The number of rotatable bonds is 48. The minimum absolute atomic E-state index is 0.0899. The highest BCUT2D eigenvalue weighted by Crippen LogP contribution is 2.14. The second-order valence-corrected chi connectivity index (χ2v) is 17.7. The Labute approximate surface area is 390 Å². The first-order valence-corrected chi connectivity index (χ1v) is 26.8. The van der Waals surface area contributed by atoms with Gasteiger partial charge in [0.15, 0.2) is 6.10 Å². The van der Waals surface area contributed by atoms with E-state index in [1.54, 1.807) is 0 Å². The van der Waals surface area contributed by atoms with Crippen LogP contribution in [0.15, 0.2) is 60.8 Å². The van der Waals surface area contributed by atoms with E-state index in [1.165, 1.54) is 122 Å². The molecule has 0 aliphatic heterocycles. The molecule has 0 aromatic rings. The lowest BCUT2D eigenvalue weighted by Crippen LogP contribution is -2.30. The number of hydrogen-bond acceptors (Lipinski definition) is 6. The van der Waals surface area contributed by atoms with Crippen molar-refractivity contribution in [1.29, 1.82) is 0 Å². The van der Waals surface area contributed by atoms with Crippen molar-refractivity contribution in [2.24, 2.45) is 0 Å². The Morgan fingerprint density at radius 2 is 0.619 bits per heavy atom. The highest BCUT2D eigenvalue weighted by atomic mass is 16.6. The summed E-state index contributed by atoms with van der Waals surface area (Å²) in [5.41, 5.74) is 0.